The molecular weight excluding hydrogens is 272 g/mol. The monoisotopic (exact) mass is 278 g/mol. The molecule has 2 heterocycles. The van der Waals surface area contributed by atoms with Gasteiger partial charge in [0.05, 0.1) is 23.2 Å². The molecule has 0 aliphatic heterocycles. The van der Waals surface area contributed by atoms with Crippen LogP contribution in [-0.2, 0) is 4.74 Å². The molecule has 2 aromatic rings. The standard InChI is InChI=1S/C12H7ClN2O2S/c1-17-12(16)7-5-9(10-3-2-4-18-10)15-11(13)8(7)6-14/h2-5H,1H3. The second-order valence-corrected chi connectivity index (χ2v) is 4.61. The number of thiophene rings is 1. The number of nitrogens with zero attached hydrogens (tertiary/aromatic N) is 2. The van der Waals surface area contributed by atoms with E-state index in [1.807, 2.05) is 23.6 Å². The van der Waals surface area contributed by atoms with Gasteiger partial charge in [0.25, 0.3) is 0 Å². The van der Waals surface area contributed by atoms with Gasteiger partial charge in [-0.1, -0.05) is 17.7 Å². The SMILES string of the molecule is COC(=O)c1cc(-c2cccs2)nc(Cl)c1C#N. The number of ether oxygens (including phenoxy) is 1. The molecule has 0 saturated carbocycles. The normalized spacial score (nSPS) is 9.83. The quantitative estimate of drug-likeness (QED) is 0.625. The first-order chi connectivity index (χ1) is 8.67. The first-order valence-electron chi connectivity index (χ1n) is 4.90. The number of nitriles is 1. The van der Waals surface area contributed by atoms with Crippen molar-refractivity contribution >= 4 is 28.9 Å². The third kappa shape index (κ3) is 2.21. The zero-order valence-corrected chi connectivity index (χ0v) is 10.9. The summed E-state index contributed by atoms with van der Waals surface area (Å²) in [5, 5.41) is 10.9. The van der Waals surface area contributed by atoms with E-state index in [0.717, 1.165) is 4.88 Å². The Hall–Kier alpha value is -1.90. The molecule has 0 fully saturated rings. The molecule has 0 unspecified atom stereocenters. The van der Waals surface area contributed by atoms with Crippen LogP contribution in [0.5, 0.6) is 0 Å². The highest BCUT2D eigenvalue weighted by atomic mass is 35.5. The summed E-state index contributed by atoms with van der Waals surface area (Å²) < 4.78 is 4.63. The lowest BCUT2D eigenvalue weighted by Crippen LogP contribution is -2.06. The molecule has 4 nitrogen and oxygen atoms in total. The van der Waals surface area contributed by atoms with Gasteiger partial charge >= 0.3 is 5.97 Å². The van der Waals surface area contributed by atoms with Crippen LogP contribution in [0, 0.1) is 11.3 Å². The van der Waals surface area contributed by atoms with Crippen LogP contribution in [0.25, 0.3) is 10.6 Å². The van der Waals surface area contributed by atoms with E-state index in [0.29, 0.717) is 5.69 Å². The lowest BCUT2D eigenvalue weighted by molar-refractivity contribution is 0.0600. The average Bonchev–Trinajstić information content (AvgIpc) is 2.90. The highest BCUT2D eigenvalue weighted by Gasteiger charge is 2.18. The van der Waals surface area contributed by atoms with E-state index in [1.54, 1.807) is 0 Å². The molecule has 90 valence electrons. The molecule has 18 heavy (non-hydrogen) atoms. The Bertz CT molecular complexity index is 632. The van der Waals surface area contributed by atoms with Crippen molar-refractivity contribution in [3.8, 4) is 16.6 Å². The van der Waals surface area contributed by atoms with Crippen LogP contribution in [0.4, 0.5) is 0 Å². The summed E-state index contributed by atoms with van der Waals surface area (Å²) >= 11 is 7.39. The molecule has 2 rings (SSSR count). The number of hydrogen-bond donors (Lipinski definition) is 0. The first-order valence-corrected chi connectivity index (χ1v) is 6.16. The summed E-state index contributed by atoms with van der Waals surface area (Å²) in [6.45, 7) is 0. The van der Waals surface area contributed by atoms with Crippen molar-refractivity contribution in [3.05, 3.63) is 39.9 Å². The zero-order valence-electron chi connectivity index (χ0n) is 9.31. The van der Waals surface area contributed by atoms with Gasteiger partial charge in [0.2, 0.25) is 0 Å². The van der Waals surface area contributed by atoms with Crippen LogP contribution in [0.1, 0.15) is 15.9 Å². The van der Waals surface area contributed by atoms with Gasteiger partial charge in [-0.05, 0) is 17.5 Å². The van der Waals surface area contributed by atoms with Crippen molar-refractivity contribution in [1.29, 1.82) is 5.26 Å². The number of hydrogen-bond acceptors (Lipinski definition) is 5. The topological polar surface area (TPSA) is 63.0 Å². The summed E-state index contributed by atoms with van der Waals surface area (Å²) in [6.07, 6.45) is 0. The van der Waals surface area contributed by atoms with Crippen LogP contribution >= 0.6 is 22.9 Å². The summed E-state index contributed by atoms with van der Waals surface area (Å²) in [4.78, 5) is 16.6. The van der Waals surface area contributed by atoms with E-state index in [-0.39, 0.29) is 16.3 Å². The van der Waals surface area contributed by atoms with Gasteiger partial charge in [-0.2, -0.15) is 5.26 Å². The highest BCUT2D eigenvalue weighted by Crippen LogP contribution is 2.28. The van der Waals surface area contributed by atoms with Gasteiger partial charge in [0.1, 0.15) is 16.8 Å². The van der Waals surface area contributed by atoms with Crippen molar-refractivity contribution in [3.63, 3.8) is 0 Å². The van der Waals surface area contributed by atoms with Crippen molar-refractivity contribution in [2.75, 3.05) is 7.11 Å². The van der Waals surface area contributed by atoms with Gasteiger partial charge in [-0.25, -0.2) is 9.78 Å². The zero-order chi connectivity index (χ0) is 13.1. The molecule has 0 bridgehead atoms. The van der Waals surface area contributed by atoms with Gasteiger partial charge in [-0.3, -0.25) is 0 Å². The summed E-state index contributed by atoms with van der Waals surface area (Å²) in [7, 11) is 1.25. The summed E-state index contributed by atoms with van der Waals surface area (Å²) in [5.41, 5.74) is 0.710. The third-order valence-corrected chi connectivity index (χ3v) is 3.43. The summed E-state index contributed by atoms with van der Waals surface area (Å²) in [6, 6.07) is 7.10. The molecule has 6 heteroatoms. The molecule has 0 saturated heterocycles. The van der Waals surface area contributed by atoms with Crippen molar-refractivity contribution in [1.82, 2.24) is 4.98 Å². The Balaban J connectivity index is 2.64. The number of halogens is 1. The fourth-order valence-corrected chi connectivity index (χ4v) is 2.36. The largest absolute Gasteiger partial charge is 0.465 e. The molecule has 0 N–H and O–H groups in total. The van der Waals surface area contributed by atoms with Crippen molar-refractivity contribution in [2.45, 2.75) is 0 Å². The highest BCUT2D eigenvalue weighted by molar-refractivity contribution is 7.13. The van der Waals surface area contributed by atoms with Crippen LogP contribution in [-0.4, -0.2) is 18.1 Å². The number of pyridine rings is 1. The lowest BCUT2D eigenvalue weighted by Gasteiger charge is -2.06. The Morgan fingerprint density at radius 2 is 2.39 bits per heavy atom. The molecule has 0 amide bonds. The fraction of sp³-hybridized carbons (Fsp3) is 0.0833. The van der Waals surface area contributed by atoms with Crippen LogP contribution in [0.3, 0.4) is 0 Å². The van der Waals surface area contributed by atoms with Crippen LogP contribution in [0.15, 0.2) is 23.6 Å². The van der Waals surface area contributed by atoms with Gasteiger partial charge in [0.15, 0.2) is 0 Å². The smallest absolute Gasteiger partial charge is 0.339 e. The fourth-order valence-electron chi connectivity index (χ4n) is 1.44. The van der Waals surface area contributed by atoms with E-state index in [4.69, 9.17) is 16.9 Å². The molecule has 0 aliphatic carbocycles. The minimum absolute atomic E-state index is 0.00352. The van der Waals surface area contributed by atoms with Crippen molar-refractivity contribution < 1.29 is 9.53 Å². The van der Waals surface area contributed by atoms with Gasteiger partial charge in [-0.15, -0.1) is 11.3 Å². The number of aromatic nitrogens is 1. The predicted octanol–water partition coefficient (Wildman–Crippen LogP) is 3.12. The number of methoxy groups -OCH3 is 1. The molecule has 0 aromatic carbocycles. The molecular formula is C12H7ClN2O2S. The maximum Gasteiger partial charge on any atom is 0.339 e. The Morgan fingerprint density at radius 3 is 2.94 bits per heavy atom. The third-order valence-electron chi connectivity index (χ3n) is 2.27. The van der Waals surface area contributed by atoms with Gasteiger partial charge < -0.3 is 4.74 Å². The first kappa shape index (κ1) is 12.6. The number of carbonyl (C=O) groups is 1. The van der Waals surface area contributed by atoms with E-state index in [1.165, 1.54) is 24.5 Å². The second kappa shape index (κ2) is 5.17. The van der Waals surface area contributed by atoms with E-state index < -0.39 is 5.97 Å². The van der Waals surface area contributed by atoms with E-state index in [2.05, 4.69) is 9.72 Å². The minimum Gasteiger partial charge on any atom is -0.465 e. The molecule has 0 atom stereocenters. The number of carbonyl (C=O) groups excluding carboxylic acids is 1. The number of rotatable bonds is 2. The maximum absolute atomic E-state index is 11.6. The molecule has 0 radical (unpaired) electrons. The van der Waals surface area contributed by atoms with Crippen LogP contribution < -0.4 is 0 Å². The lowest BCUT2D eigenvalue weighted by atomic mass is 10.1. The van der Waals surface area contributed by atoms with E-state index >= 15 is 0 Å². The second-order valence-electron chi connectivity index (χ2n) is 3.30. The van der Waals surface area contributed by atoms with Crippen molar-refractivity contribution in [2.24, 2.45) is 0 Å². The minimum atomic E-state index is -0.603. The predicted molar refractivity (Wildman–Crippen MR) is 68.6 cm³/mol. The average molecular weight is 279 g/mol. The van der Waals surface area contributed by atoms with E-state index in [9.17, 15) is 4.79 Å². The molecule has 0 aliphatic rings. The Morgan fingerprint density at radius 1 is 1.61 bits per heavy atom. The molecule has 0 spiro atoms. The maximum atomic E-state index is 11.6. The van der Waals surface area contributed by atoms with Gasteiger partial charge in [0, 0.05) is 0 Å². The molecule has 2 aromatic heterocycles. The Kier molecular flexibility index (Phi) is 3.60. The number of esters is 1. The summed E-state index contributed by atoms with van der Waals surface area (Å²) in [5.74, 6) is -0.603. The Labute approximate surface area is 112 Å². The van der Waals surface area contributed by atoms with Crippen LogP contribution in [0.2, 0.25) is 5.15 Å².